The molecule has 0 amide bonds. The van der Waals surface area contributed by atoms with E-state index >= 15 is 0 Å². The molecule has 0 bridgehead atoms. The Morgan fingerprint density at radius 1 is 1.47 bits per heavy atom. The molecule has 0 aromatic rings. The van der Waals surface area contributed by atoms with Crippen LogP contribution in [0, 0.1) is 0 Å². The fourth-order valence-corrected chi connectivity index (χ4v) is 2.29. The Balaban J connectivity index is 2.10. The second kappa shape index (κ2) is 7.12. The van der Waals surface area contributed by atoms with E-state index in [2.05, 4.69) is 11.8 Å². The Bertz CT molecular complexity index is 195. The van der Waals surface area contributed by atoms with Gasteiger partial charge in [-0.15, -0.1) is 0 Å². The highest BCUT2D eigenvalue weighted by molar-refractivity contribution is 7.99. The van der Waals surface area contributed by atoms with Crippen LogP contribution in [0.1, 0.15) is 32.6 Å². The van der Waals surface area contributed by atoms with Gasteiger partial charge in [-0.05, 0) is 37.3 Å². The first-order valence-corrected chi connectivity index (χ1v) is 6.93. The molecule has 0 unspecified atom stereocenters. The molecule has 1 N–H and O–H groups in total. The molecular weight excluding hydrogens is 210 g/mol. The van der Waals surface area contributed by atoms with Crippen molar-refractivity contribution >= 4 is 17.7 Å². The summed E-state index contributed by atoms with van der Waals surface area (Å²) >= 11 is 1.96. The molecule has 1 aliphatic rings. The molecule has 3 nitrogen and oxygen atoms in total. The fraction of sp³-hybridized carbons (Fsp3) is 0.909. The van der Waals surface area contributed by atoms with E-state index in [1.165, 1.54) is 30.8 Å². The average Bonchev–Trinajstić information content (AvgIpc) is 3.00. The van der Waals surface area contributed by atoms with Gasteiger partial charge in [0.15, 0.2) is 0 Å². The topological polar surface area (TPSA) is 40.5 Å². The van der Waals surface area contributed by atoms with Crippen LogP contribution < -0.4 is 0 Å². The second-order valence-corrected chi connectivity index (χ2v) is 5.36. The van der Waals surface area contributed by atoms with Gasteiger partial charge in [-0.3, -0.25) is 9.69 Å². The third-order valence-corrected chi connectivity index (χ3v) is 3.60. The van der Waals surface area contributed by atoms with E-state index in [-0.39, 0.29) is 6.42 Å². The van der Waals surface area contributed by atoms with Crippen LogP contribution in [0.3, 0.4) is 0 Å². The van der Waals surface area contributed by atoms with Gasteiger partial charge in [0.05, 0.1) is 6.42 Å². The van der Waals surface area contributed by atoms with Gasteiger partial charge in [0.2, 0.25) is 0 Å². The summed E-state index contributed by atoms with van der Waals surface area (Å²) in [6.45, 7) is 3.98. The molecule has 0 aromatic heterocycles. The lowest BCUT2D eigenvalue weighted by atomic mass is 10.3. The van der Waals surface area contributed by atoms with Crippen molar-refractivity contribution in [2.24, 2.45) is 0 Å². The molecule has 1 aliphatic carbocycles. The first-order valence-electron chi connectivity index (χ1n) is 5.77. The normalized spacial score (nSPS) is 15.9. The number of carbonyl (C=O) groups is 1. The maximum atomic E-state index is 10.5. The second-order valence-electron chi connectivity index (χ2n) is 3.96. The number of hydrogen-bond donors (Lipinski definition) is 1. The predicted octanol–water partition coefficient (Wildman–Crippen LogP) is 2.07. The Hall–Kier alpha value is -0.220. The van der Waals surface area contributed by atoms with Gasteiger partial charge in [-0.1, -0.05) is 6.92 Å². The SMILES string of the molecule is CCSCCCN(CCC(=O)O)C1CC1. The molecule has 1 fully saturated rings. The van der Waals surface area contributed by atoms with Crippen LogP contribution >= 0.6 is 11.8 Å². The number of nitrogens with zero attached hydrogens (tertiary/aromatic N) is 1. The van der Waals surface area contributed by atoms with Gasteiger partial charge < -0.3 is 5.11 Å². The van der Waals surface area contributed by atoms with Crippen molar-refractivity contribution in [3.05, 3.63) is 0 Å². The van der Waals surface area contributed by atoms with Crippen LogP contribution in [-0.2, 0) is 4.79 Å². The molecule has 0 aliphatic heterocycles. The van der Waals surface area contributed by atoms with Gasteiger partial charge in [0.25, 0.3) is 0 Å². The van der Waals surface area contributed by atoms with Crippen molar-refractivity contribution in [1.82, 2.24) is 4.90 Å². The Morgan fingerprint density at radius 3 is 2.73 bits per heavy atom. The maximum Gasteiger partial charge on any atom is 0.304 e. The van der Waals surface area contributed by atoms with Crippen molar-refractivity contribution in [3.63, 3.8) is 0 Å². The quantitative estimate of drug-likeness (QED) is 0.617. The zero-order chi connectivity index (χ0) is 11.1. The number of thioether (sulfide) groups is 1. The highest BCUT2D eigenvalue weighted by Gasteiger charge is 2.28. The first kappa shape index (κ1) is 12.8. The summed E-state index contributed by atoms with van der Waals surface area (Å²) in [5.74, 6) is 1.70. The van der Waals surface area contributed by atoms with Crippen LogP contribution in [0.5, 0.6) is 0 Å². The molecule has 88 valence electrons. The van der Waals surface area contributed by atoms with Crippen LogP contribution in [0.2, 0.25) is 0 Å². The van der Waals surface area contributed by atoms with Crippen LogP contribution in [0.25, 0.3) is 0 Å². The number of aliphatic carboxylic acids is 1. The predicted molar refractivity (Wildman–Crippen MR) is 64.5 cm³/mol. The summed E-state index contributed by atoms with van der Waals surface area (Å²) in [6.07, 6.45) is 4.01. The zero-order valence-corrected chi connectivity index (χ0v) is 10.3. The molecule has 15 heavy (non-hydrogen) atoms. The van der Waals surface area contributed by atoms with Crippen molar-refractivity contribution in [2.75, 3.05) is 24.6 Å². The van der Waals surface area contributed by atoms with Crippen molar-refractivity contribution < 1.29 is 9.90 Å². The minimum atomic E-state index is -0.677. The third kappa shape index (κ3) is 6.05. The zero-order valence-electron chi connectivity index (χ0n) is 9.45. The van der Waals surface area contributed by atoms with E-state index in [1.807, 2.05) is 11.8 Å². The average molecular weight is 231 g/mol. The van der Waals surface area contributed by atoms with Crippen molar-refractivity contribution in [1.29, 1.82) is 0 Å². The minimum absolute atomic E-state index is 0.289. The lowest BCUT2D eigenvalue weighted by molar-refractivity contribution is -0.137. The first-order chi connectivity index (χ1) is 7.24. The van der Waals surface area contributed by atoms with Gasteiger partial charge >= 0.3 is 5.97 Å². The lowest BCUT2D eigenvalue weighted by Crippen LogP contribution is -2.30. The van der Waals surface area contributed by atoms with E-state index in [9.17, 15) is 4.79 Å². The molecule has 0 saturated heterocycles. The molecule has 0 spiro atoms. The summed E-state index contributed by atoms with van der Waals surface area (Å²) in [7, 11) is 0. The van der Waals surface area contributed by atoms with E-state index in [4.69, 9.17) is 5.11 Å². The Labute approximate surface area is 96.2 Å². The van der Waals surface area contributed by atoms with Gasteiger partial charge in [0, 0.05) is 12.6 Å². The largest absolute Gasteiger partial charge is 0.481 e. The Morgan fingerprint density at radius 2 is 2.20 bits per heavy atom. The third-order valence-electron chi connectivity index (χ3n) is 2.61. The maximum absolute atomic E-state index is 10.5. The molecule has 0 aromatic carbocycles. The molecule has 1 saturated carbocycles. The summed E-state index contributed by atoms with van der Waals surface area (Å²) in [5.41, 5.74) is 0. The molecule has 4 heteroatoms. The number of hydrogen-bond acceptors (Lipinski definition) is 3. The van der Waals surface area contributed by atoms with Crippen molar-refractivity contribution in [3.8, 4) is 0 Å². The Kier molecular flexibility index (Phi) is 6.10. The highest BCUT2D eigenvalue weighted by Crippen LogP contribution is 2.27. The lowest BCUT2D eigenvalue weighted by Gasteiger charge is -2.20. The van der Waals surface area contributed by atoms with E-state index in [1.54, 1.807) is 0 Å². The van der Waals surface area contributed by atoms with Crippen LogP contribution in [0.15, 0.2) is 0 Å². The summed E-state index contributed by atoms with van der Waals surface area (Å²) in [4.78, 5) is 12.8. The van der Waals surface area contributed by atoms with Gasteiger partial charge in [0.1, 0.15) is 0 Å². The van der Waals surface area contributed by atoms with E-state index < -0.39 is 5.97 Å². The van der Waals surface area contributed by atoms with Crippen molar-refractivity contribution in [2.45, 2.75) is 38.6 Å². The molecule has 1 rings (SSSR count). The minimum Gasteiger partial charge on any atom is -0.481 e. The highest BCUT2D eigenvalue weighted by atomic mass is 32.2. The molecule has 0 radical (unpaired) electrons. The monoisotopic (exact) mass is 231 g/mol. The molecule has 0 heterocycles. The number of carboxylic acid groups (broad SMARTS) is 1. The van der Waals surface area contributed by atoms with Crippen LogP contribution in [0.4, 0.5) is 0 Å². The molecular formula is C11H21NO2S. The fourth-order valence-electron chi connectivity index (χ4n) is 1.67. The standard InChI is InChI=1S/C11H21NO2S/c1-2-15-9-3-7-12(10-4-5-10)8-6-11(13)14/h10H,2-9H2,1H3,(H,13,14). The van der Waals surface area contributed by atoms with E-state index in [0.717, 1.165) is 13.1 Å². The smallest absolute Gasteiger partial charge is 0.304 e. The molecule has 0 atom stereocenters. The summed E-state index contributed by atoms with van der Waals surface area (Å²) in [6, 6.07) is 0.691. The number of carboxylic acids is 1. The van der Waals surface area contributed by atoms with Gasteiger partial charge in [-0.25, -0.2) is 0 Å². The van der Waals surface area contributed by atoms with Gasteiger partial charge in [-0.2, -0.15) is 11.8 Å². The van der Waals surface area contributed by atoms with Crippen LogP contribution in [-0.4, -0.2) is 46.6 Å². The van der Waals surface area contributed by atoms with E-state index in [0.29, 0.717) is 6.04 Å². The number of rotatable bonds is 9. The summed E-state index contributed by atoms with van der Waals surface area (Å²) in [5, 5.41) is 8.64. The summed E-state index contributed by atoms with van der Waals surface area (Å²) < 4.78 is 0.